The summed E-state index contributed by atoms with van der Waals surface area (Å²) in [5.41, 5.74) is 1.32. The van der Waals surface area contributed by atoms with Gasteiger partial charge in [0.2, 0.25) is 0 Å². The van der Waals surface area contributed by atoms with E-state index in [0.717, 1.165) is 11.3 Å². The van der Waals surface area contributed by atoms with E-state index < -0.39 is 5.60 Å². The van der Waals surface area contributed by atoms with Gasteiger partial charge in [0.15, 0.2) is 0 Å². The predicted molar refractivity (Wildman–Crippen MR) is 60.5 cm³/mol. The van der Waals surface area contributed by atoms with Gasteiger partial charge >= 0.3 is 6.09 Å². The Labute approximate surface area is 94.2 Å². The summed E-state index contributed by atoms with van der Waals surface area (Å²) in [6.07, 6.45) is 4.71. The topological polar surface area (TPSA) is 44.1 Å². The minimum absolute atomic E-state index is 0.379. The molecule has 0 radical (unpaired) electrons. The van der Waals surface area contributed by atoms with Gasteiger partial charge in [-0.15, -0.1) is 0 Å². The molecule has 84 valence electrons. The first-order valence-electron chi connectivity index (χ1n) is 5.12. The van der Waals surface area contributed by atoms with Crippen molar-refractivity contribution in [2.75, 3.05) is 0 Å². The Morgan fingerprint density at radius 1 is 1.38 bits per heavy atom. The number of hydrogen-bond acceptors (Lipinski definition) is 3. The molecule has 4 heteroatoms. The zero-order valence-corrected chi connectivity index (χ0v) is 9.60. The molecule has 0 saturated heterocycles. The summed E-state index contributed by atoms with van der Waals surface area (Å²) in [4.78, 5) is 15.9. The van der Waals surface area contributed by atoms with Crippen molar-refractivity contribution in [1.29, 1.82) is 0 Å². The van der Waals surface area contributed by atoms with E-state index in [2.05, 4.69) is 4.98 Å². The molecule has 0 aromatic rings. The van der Waals surface area contributed by atoms with E-state index in [1.807, 2.05) is 26.8 Å². The molecule has 2 aliphatic rings. The molecule has 0 N–H and O–H groups in total. The van der Waals surface area contributed by atoms with Crippen molar-refractivity contribution < 1.29 is 9.53 Å². The van der Waals surface area contributed by atoms with Crippen molar-refractivity contribution in [3.05, 3.63) is 30.7 Å². The fourth-order valence-corrected chi connectivity index (χ4v) is 1.38. The maximum atomic E-state index is 11.7. The molecular weight excluding hydrogens is 204 g/mol. The highest BCUT2D eigenvalue weighted by atomic mass is 16.6. The third kappa shape index (κ3) is 2.21. The average molecular weight is 218 g/mol. The molecule has 2 heterocycles. The normalized spacial score (nSPS) is 11.7. The van der Waals surface area contributed by atoms with Gasteiger partial charge < -0.3 is 4.74 Å². The van der Waals surface area contributed by atoms with Crippen LogP contribution in [0.15, 0.2) is 30.7 Å². The van der Waals surface area contributed by atoms with Crippen LogP contribution in [0.3, 0.4) is 0 Å². The van der Waals surface area contributed by atoms with Gasteiger partial charge in [-0.1, -0.05) is 0 Å². The lowest BCUT2D eigenvalue weighted by molar-refractivity contribution is 0.0536. The Kier molecular flexibility index (Phi) is 2.42. The van der Waals surface area contributed by atoms with Crippen molar-refractivity contribution in [2.24, 2.45) is 0 Å². The van der Waals surface area contributed by atoms with Gasteiger partial charge in [0.05, 0.1) is 5.69 Å². The maximum absolute atomic E-state index is 11.7. The standard InChI is InChI=1S/C12H14N2O2/c1-12(2,3)16-11(15)14-7-5-10-9(8-14)4-6-13-10/h4-8H,1-3H3. The van der Waals surface area contributed by atoms with E-state index in [0.29, 0.717) is 0 Å². The zero-order chi connectivity index (χ0) is 11.8. The van der Waals surface area contributed by atoms with Gasteiger partial charge in [-0.25, -0.2) is 4.79 Å². The van der Waals surface area contributed by atoms with Gasteiger partial charge in [-0.3, -0.25) is 9.55 Å². The molecule has 0 aliphatic carbocycles. The zero-order valence-electron chi connectivity index (χ0n) is 9.60. The molecule has 2 rings (SSSR count). The average Bonchev–Trinajstić information content (AvgIpc) is 2.61. The SMILES string of the molecule is CC(C)(C)OC(=O)n1ccc2nccc-2c1. The molecule has 0 fully saturated rings. The Morgan fingerprint density at radius 3 is 2.81 bits per heavy atom. The van der Waals surface area contributed by atoms with E-state index in [1.54, 1.807) is 24.7 Å². The molecular formula is C12H14N2O2. The summed E-state index contributed by atoms with van der Waals surface area (Å²) < 4.78 is 6.68. The van der Waals surface area contributed by atoms with Crippen LogP contribution < -0.4 is 0 Å². The highest BCUT2D eigenvalue weighted by Gasteiger charge is 2.17. The van der Waals surface area contributed by atoms with Crippen LogP contribution >= 0.6 is 0 Å². The summed E-state index contributed by atoms with van der Waals surface area (Å²) in [5, 5.41) is 0. The van der Waals surface area contributed by atoms with E-state index in [1.165, 1.54) is 4.57 Å². The van der Waals surface area contributed by atoms with E-state index in [4.69, 9.17) is 4.74 Å². The fourth-order valence-electron chi connectivity index (χ4n) is 1.38. The van der Waals surface area contributed by atoms with Crippen LogP contribution in [0.2, 0.25) is 0 Å². The van der Waals surface area contributed by atoms with Gasteiger partial charge in [0, 0.05) is 24.2 Å². The second-order valence-electron chi connectivity index (χ2n) is 4.62. The monoisotopic (exact) mass is 218 g/mol. The number of aromatic nitrogens is 2. The molecule has 2 aliphatic heterocycles. The maximum Gasteiger partial charge on any atom is 0.418 e. The summed E-state index contributed by atoms with van der Waals surface area (Å²) in [7, 11) is 0. The first-order chi connectivity index (χ1) is 7.46. The van der Waals surface area contributed by atoms with Crippen LogP contribution in [0.5, 0.6) is 0 Å². The second-order valence-corrected chi connectivity index (χ2v) is 4.62. The Bertz CT molecular complexity index is 482. The molecule has 0 aromatic heterocycles. The Hall–Kier alpha value is -1.84. The number of rotatable bonds is 0. The van der Waals surface area contributed by atoms with Gasteiger partial charge in [0.1, 0.15) is 5.60 Å². The largest absolute Gasteiger partial charge is 0.443 e. The molecule has 4 nitrogen and oxygen atoms in total. The fraction of sp³-hybridized carbons (Fsp3) is 0.333. The Balaban J connectivity index is 2.27. The molecule has 0 unspecified atom stereocenters. The quantitative estimate of drug-likeness (QED) is 0.683. The third-order valence-corrected chi connectivity index (χ3v) is 2.04. The summed E-state index contributed by atoms with van der Waals surface area (Å²) >= 11 is 0. The minimum atomic E-state index is -0.483. The van der Waals surface area contributed by atoms with E-state index >= 15 is 0 Å². The van der Waals surface area contributed by atoms with E-state index in [-0.39, 0.29) is 6.09 Å². The van der Waals surface area contributed by atoms with Crippen molar-refractivity contribution in [3.8, 4) is 11.3 Å². The van der Waals surface area contributed by atoms with Crippen molar-refractivity contribution >= 4 is 6.09 Å². The highest BCUT2D eigenvalue weighted by Crippen LogP contribution is 2.19. The number of carbonyl (C=O) groups is 1. The van der Waals surface area contributed by atoms with Crippen LogP contribution in [0.4, 0.5) is 4.79 Å². The van der Waals surface area contributed by atoms with Crippen LogP contribution in [0, 0.1) is 0 Å². The first-order valence-corrected chi connectivity index (χ1v) is 5.12. The van der Waals surface area contributed by atoms with Crippen molar-refractivity contribution in [3.63, 3.8) is 0 Å². The van der Waals surface area contributed by atoms with Crippen LogP contribution in [0.1, 0.15) is 20.8 Å². The molecule has 0 spiro atoms. The lowest BCUT2D eigenvalue weighted by Gasteiger charge is -2.20. The number of fused-ring (bicyclic) bond motifs is 1. The number of ether oxygens (including phenoxy) is 1. The molecule has 0 amide bonds. The van der Waals surface area contributed by atoms with Crippen LogP contribution in [-0.4, -0.2) is 21.2 Å². The van der Waals surface area contributed by atoms with E-state index in [9.17, 15) is 4.79 Å². The van der Waals surface area contributed by atoms with Crippen LogP contribution in [-0.2, 0) is 4.74 Å². The highest BCUT2D eigenvalue weighted by molar-refractivity contribution is 5.73. The van der Waals surface area contributed by atoms with Crippen molar-refractivity contribution in [2.45, 2.75) is 26.4 Å². The third-order valence-electron chi connectivity index (χ3n) is 2.04. The predicted octanol–water partition coefficient (Wildman–Crippen LogP) is 2.77. The second kappa shape index (κ2) is 3.63. The summed E-state index contributed by atoms with van der Waals surface area (Å²) in [6.45, 7) is 5.52. The molecule has 0 aromatic carbocycles. The number of nitrogens with zero attached hydrogens (tertiary/aromatic N) is 2. The lowest BCUT2D eigenvalue weighted by Crippen LogP contribution is -2.27. The van der Waals surface area contributed by atoms with Gasteiger partial charge in [0.25, 0.3) is 0 Å². The minimum Gasteiger partial charge on any atom is -0.443 e. The molecule has 16 heavy (non-hydrogen) atoms. The lowest BCUT2D eigenvalue weighted by atomic mass is 10.2. The number of pyridine rings is 1. The Morgan fingerprint density at radius 2 is 2.12 bits per heavy atom. The molecule has 0 bridgehead atoms. The summed E-state index contributed by atoms with van der Waals surface area (Å²) in [5.74, 6) is 0. The molecule has 0 atom stereocenters. The van der Waals surface area contributed by atoms with Gasteiger partial charge in [-0.2, -0.15) is 0 Å². The number of carbonyl (C=O) groups excluding carboxylic acids is 1. The van der Waals surface area contributed by atoms with Crippen molar-refractivity contribution in [1.82, 2.24) is 9.55 Å². The molecule has 0 saturated carbocycles. The number of hydrogen-bond donors (Lipinski definition) is 0. The van der Waals surface area contributed by atoms with Crippen LogP contribution in [0.25, 0.3) is 11.3 Å². The van der Waals surface area contributed by atoms with Gasteiger partial charge in [-0.05, 0) is 32.9 Å². The first kappa shape index (κ1) is 10.7. The summed E-state index contributed by atoms with van der Waals surface area (Å²) in [6, 6.07) is 3.65. The smallest absolute Gasteiger partial charge is 0.418 e.